The molecule has 0 aliphatic heterocycles. The minimum Gasteiger partial charge on any atom is -0.399 e. The summed E-state index contributed by atoms with van der Waals surface area (Å²) < 4.78 is 38.8. The zero-order chi connectivity index (χ0) is 14.0. The Labute approximate surface area is 109 Å². The molecule has 1 saturated carbocycles. The summed E-state index contributed by atoms with van der Waals surface area (Å²) in [5.41, 5.74) is 4.67. The number of hydrogen-bond acceptors (Lipinski definition) is 3. The van der Waals surface area contributed by atoms with E-state index in [4.69, 9.17) is 5.73 Å². The fraction of sp³-hybridized carbons (Fsp3) is 0.538. The van der Waals surface area contributed by atoms with Crippen molar-refractivity contribution in [3.8, 4) is 0 Å². The molecule has 3 nitrogen and oxygen atoms in total. The van der Waals surface area contributed by atoms with E-state index in [0.717, 1.165) is 18.9 Å². The quantitative estimate of drug-likeness (QED) is 0.727. The summed E-state index contributed by atoms with van der Waals surface area (Å²) in [6.45, 7) is 0. The summed E-state index contributed by atoms with van der Waals surface area (Å²) in [4.78, 5) is 0. The average Bonchev–Trinajstić information content (AvgIpc) is 2.33. The first-order valence-corrected chi connectivity index (χ1v) is 6.29. The zero-order valence-corrected chi connectivity index (χ0v) is 10.4. The second-order valence-electron chi connectivity index (χ2n) is 4.91. The molecule has 0 bridgehead atoms. The van der Waals surface area contributed by atoms with E-state index in [1.807, 2.05) is 0 Å². The van der Waals surface area contributed by atoms with E-state index in [2.05, 4.69) is 5.32 Å². The number of alkyl halides is 3. The molecule has 1 aromatic carbocycles. The minimum absolute atomic E-state index is 0.0207. The van der Waals surface area contributed by atoms with Gasteiger partial charge < -0.3 is 16.2 Å². The number of aliphatic hydroxyl groups is 1. The monoisotopic (exact) mass is 274 g/mol. The van der Waals surface area contributed by atoms with Gasteiger partial charge in [0.1, 0.15) is 0 Å². The topological polar surface area (TPSA) is 58.3 Å². The van der Waals surface area contributed by atoms with Gasteiger partial charge in [0.2, 0.25) is 0 Å². The smallest absolute Gasteiger partial charge is 0.399 e. The molecule has 19 heavy (non-hydrogen) atoms. The van der Waals surface area contributed by atoms with Crippen LogP contribution in [0.4, 0.5) is 24.5 Å². The zero-order valence-electron chi connectivity index (χ0n) is 10.4. The lowest BCUT2D eigenvalue weighted by atomic mass is 9.92. The Morgan fingerprint density at radius 3 is 2.53 bits per heavy atom. The maximum atomic E-state index is 12.9. The Morgan fingerprint density at radius 1 is 1.21 bits per heavy atom. The number of rotatable bonds is 2. The molecule has 106 valence electrons. The molecule has 1 aliphatic carbocycles. The van der Waals surface area contributed by atoms with Crippen LogP contribution in [0.1, 0.15) is 31.2 Å². The summed E-state index contributed by atoms with van der Waals surface area (Å²) in [5.74, 6) is 0. The van der Waals surface area contributed by atoms with Crippen molar-refractivity contribution >= 4 is 11.4 Å². The van der Waals surface area contributed by atoms with Gasteiger partial charge in [-0.05, 0) is 31.0 Å². The highest BCUT2D eigenvalue weighted by atomic mass is 19.4. The number of benzene rings is 1. The molecule has 4 N–H and O–H groups in total. The highest BCUT2D eigenvalue weighted by Gasteiger charge is 2.35. The van der Waals surface area contributed by atoms with Gasteiger partial charge >= 0.3 is 6.18 Å². The third-order valence-electron chi connectivity index (χ3n) is 3.42. The van der Waals surface area contributed by atoms with Crippen molar-refractivity contribution in [3.05, 3.63) is 23.8 Å². The predicted molar refractivity (Wildman–Crippen MR) is 67.7 cm³/mol. The molecule has 0 saturated heterocycles. The van der Waals surface area contributed by atoms with Crippen molar-refractivity contribution in [2.75, 3.05) is 11.1 Å². The van der Waals surface area contributed by atoms with Gasteiger partial charge in [0.15, 0.2) is 0 Å². The predicted octanol–water partition coefficient (Wildman–Crippen LogP) is 3.00. The fourth-order valence-electron chi connectivity index (χ4n) is 2.40. The van der Waals surface area contributed by atoms with E-state index < -0.39 is 17.8 Å². The van der Waals surface area contributed by atoms with Crippen LogP contribution in [0.5, 0.6) is 0 Å². The van der Waals surface area contributed by atoms with Gasteiger partial charge in [-0.2, -0.15) is 13.2 Å². The van der Waals surface area contributed by atoms with Crippen LogP contribution in [0.15, 0.2) is 18.2 Å². The van der Waals surface area contributed by atoms with Crippen molar-refractivity contribution in [2.45, 2.75) is 44.0 Å². The van der Waals surface area contributed by atoms with Gasteiger partial charge in [0.25, 0.3) is 0 Å². The molecule has 0 radical (unpaired) electrons. The normalized spacial score (nSPS) is 24.2. The Morgan fingerprint density at radius 2 is 1.89 bits per heavy atom. The van der Waals surface area contributed by atoms with Gasteiger partial charge in [0, 0.05) is 11.4 Å². The van der Waals surface area contributed by atoms with E-state index >= 15 is 0 Å². The van der Waals surface area contributed by atoms with E-state index in [1.54, 1.807) is 0 Å². The lowest BCUT2D eigenvalue weighted by molar-refractivity contribution is -0.137. The summed E-state index contributed by atoms with van der Waals surface area (Å²) in [5, 5.41) is 12.6. The maximum absolute atomic E-state index is 12.9. The van der Waals surface area contributed by atoms with Crippen molar-refractivity contribution in [1.82, 2.24) is 0 Å². The van der Waals surface area contributed by atoms with Crippen molar-refractivity contribution < 1.29 is 18.3 Å². The molecule has 1 aliphatic rings. The SMILES string of the molecule is Nc1ccc(NC2CCCCC2O)c(C(F)(F)F)c1. The van der Waals surface area contributed by atoms with Gasteiger partial charge in [-0.25, -0.2) is 0 Å². The van der Waals surface area contributed by atoms with Crippen LogP contribution >= 0.6 is 0 Å². The molecule has 2 unspecified atom stereocenters. The Balaban J connectivity index is 2.24. The van der Waals surface area contributed by atoms with Crippen LogP contribution in [0.2, 0.25) is 0 Å². The van der Waals surface area contributed by atoms with E-state index in [-0.39, 0.29) is 17.4 Å². The van der Waals surface area contributed by atoms with Crippen molar-refractivity contribution in [2.24, 2.45) is 0 Å². The first-order chi connectivity index (χ1) is 8.88. The van der Waals surface area contributed by atoms with Crippen LogP contribution in [-0.2, 0) is 6.18 Å². The van der Waals surface area contributed by atoms with E-state index in [1.165, 1.54) is 12.1 Å². The number of aliphatic hydroxyl groups excluding tert-OH is 1. The Bertz CT molecular complexity index is 448. The molecule has 2 atom stereocenters. The van der Waals surface area contributed by atoms with Crippen LogP contribution in [0.3, 0.4) is 0 Å². The maximum Gasteiger partial charge on any atom is 0.418 e. The van der Waals surface area contributed by atoms with E-state index in [0.29, 0.717) is 12.8 Å². The third-order valence-corrected chi connectivity index (χ3v) is 3.42. The fourth-order valence-corrected chi connectivity index (χ4v) is 2.40. The van der Waals surface area contributed by atoms with Gasteiger partial charge in [-0.3, -0.25) is 0 Å². The molecule has 2 rings (SSSR count). The molecule has 0 amide bonds. The molecule has 1 fully saturated rings. The van der Waals surface area contributed by atoms with Crippen LogP contribution in [0.25, 0.3) is 0 Å². The third kappa shape index (κ3) is 3.32. The van der Waals surface area contributed by atoms with E-state index in [9.17, 15) is 18.3 Å². The van der Waals surface area contributed by atoms with Gasteiger partial charge in [-0.1, -0.05) is 12.8 Å². The summed E-state index contributed by atoms with van der Waals surface area (Å²) in [7, 11) is 0. The lowest BCUT2D eigenvalue weighted by Crippen LogP contribution is -2.36. The second kappa shape index (κ2) is 5.28. The number of hydrogen-bond donors (Lipinski definition) is 3. The highest BCUT2D eigenvalue weighted by molar-refractivity contribution is 5.59. The number of nitrogen functional groups attached to an aromatic ring is 1. The largest absolute Gasteiger partial charge is 0.418 e. The lowest BCUT2D eigenvalue weighted by Gasteiger charge is -2.30. The highest BCUT2D eigenvalue weighted by Crippen LogP contribution is 2.37. The standard InChI is InChI=1S/C13H17F3N2O/c14-13(15,16)9-7-8(17)5-6-10(9)18-11-3-1-2-4-12(11)19/h5-7,11-12,18-19H,1-4,17H2. The average molecular weight is 274 g/mol. The van der Waals surface area contributed by atoms with Crippen molar-refractivity contribution in [1.29, 1.82) is 0 Å². The Hall–Kier alpha value is -1.43. The van der Waals surface area contributed by atoms with Crippen LogP contribution in [-0.4, -0.2) is 17.3 Å². The Kier molecular flexibility index (Phi) is 3.89. The number of halogens is 3. The number of nitrogens with two attached hydrogens (primary N) is 1. The number of nitrogens with one attached hydrogen (secondary N) is 1. The van der Waals surface area contributed by atoms with Crippen molar-refractivity contribution in [3.63, 3.8) is 0 Å². The molecule has 6 heteroatoms. The first kappa shape index (κ1) is 14.0. The molecular weight excluding hydrogens is 257 g/mol. The molecule has 1 aromatic rings. The van der Waals surface area contributed by atoms with Crippen LogP contribution in [0, 0.1) is 0 Å². The summed E-state index contributed by atoms with van der Waals surface area (Å²) in [6.07, 6.45) is -1.96. The molecular formula is C13H17F3N2O. The molecule has 0 heterocycles. The first-order valence-electron chi connectivity index (χ1n) is 6.29. The van der Waals surface area contributed by atoms with Crippen LogP contribution < -0.4 is 11.1 Å². The molecule has 0 aromatic heterocycles. The molecule has 0 spiro atoms. The summed E-state index contributed by atoms with van der Waals surface area (Å²) in [6, 6.07) is 3.32. The minimum atomic E-state index is -4.46. The van der Waals surface area contributed by atoms with Gasteiger partial charge in [0.05, 0.1) is 17.7 Å². The van der Waals surface area contributed by atoms with Gasteiger partial charge in [-0.15, -0.1) is 0 Å². The summed E-state index contributed by atoms with van der Waals surface area (Å²) >= 11 is 0. The number of anilines is 2. The second-order valence-corrected chi connectivity index (χ2v) is 4.91.